The summed E-state index contributed by atoms with van der Waals surface area (Å²) >= 11 is 0. The summed E-state index contributed by atoms with van der Waals surface area (Å²) in [5.74, 6) is -1.82. The Morgan fingerprint density at radius 1 is 1.48 bits per heavy atom. The third kappa shape index (κ3) is 2.16. The zero-order valence-corrected chi connectivity index (χ0v) is 12.5. The molecule has 2 N–H and O–H groups in total. The van der Waals surface area contributed by atoms with Crippen LogP contribution in [-0.4, -0.2) is 18.7 Å². The first-order valence-electron chi connectivity index (χ1n) is 7.16. The Kier molecular flexibility index (Phi) is 3.57. The van der Waals surface area contributed by atoms with E-state index in [4.69, 9.17) is 10.5 Å². The van der Waals surface area contributed by atoms with E-state index in [0.717, 1.165) is 12.7 Å². The molecule has 118 valence electrons. The van der Waals surface area contributed by atoms with Gasteiger partial charge in [0, 0.05) is 12.3 Å². The lowest BCUT2D eigenvalue weighted by atomic mass is 9.83. The van der Waals surface area contributed by atoms with Gasteiger partial charge in [0.25, 0.3) is 5.67 Å². The molecule has 5 nitrogen and oxygen atoms in total. The number of ether oxygens (including phenoxy) is 2. The minimum absolute atomic E-state index is 0.0837. The fourth-order valence-electron chi connectivity index (χ4n) is 3.18. The van der Waals surface area contributed by atoms with Crippen molar-refractivity contribution >= 4 is 5.97 Å². The maximum atomic E-state index is 15.1. The average Bonchev–Trinajstić information content (AvgIpc) is 2.91. The van der Waals surface area contributed by atoms with Gasteiger partial charge in [-0.2, -0.15) is 5.26 Å². The van der Waals surface area contributed by atoms with Crippen molar-refractivity contribution in [3.8, 4) is 6.07 Å². The van der Waals surface area contributed by atoms with Crippen LogP contribution in [0.3, 0.4) is 0 Å². The smallest absolute Gasteiger partial charge is 0.351 e. The highest BCUT2D eigenvalue weighted by molar-refractivity contribution is 5.84. The topological polar surface area (TPSA) is 85.3 Å². The normalized spacial score (nSPS) is 26.4. The summed E-state index contributed by atoms with van der Waals surface area (Å²) in [6, 6.07) is 11.2. The number of hydrogen-bond donors (Lipinski definition) is 1. The SMILES string of the molecule is COC(=O)[C@@]1(F)CCC2=C1OC(N)=C(C#N)[C@H]2c1ccccc1. The molecule has 23 heavy (non-hydrogen) atoms. The fourth-order valence-corrected chi connectivity index (χ4v) is 3.18. The molecule has 6 heteroatoms. The maximum absolute atomic E-state index is 15.1. The van der Waals surface area contributed by atoms with Gasteiger partial charge in [0.15, 0.2) is 5.76 Å². The summed E-state index contributed by atoms with van der Waals surface area (Å²) in [6.07, 6.45) is 0.207. The minimum atomic E-state index is -2.36. The Morgan fingerprint density at radius 3 is 2.78 bits per heavy atom. The van der Waals surface area contributed by atoms with E-state index in [1.165, 1.54) is 0 Å². The van der Waals surface area contributed by atoms with Gasteiger partial charge in [-0.1, -0.05) is 30.3 Å². The maximum Gasteiger partial charge on any atom is 0.351 e. The molecule has 1 aromatic rings. The van der Waals surface area contributed by atoms with E-state index in [0.29, 0.717) is 12.0 Å². The van der Waals surface area contributed by atoms with Crippen molar-refractivity contribution < 1.29 is 18.7 Å². The Hall–Kier alpha value is -2.81. The molecule has 1 aliphatic heterocycles. The monoisotopic (exact) mass is 314 g/mol. The first kappa shape index (κ1) is 15.1. The van der Waals surface area contributed by atoms with Crippen LogP contribution in [0.4, 0.5) is 4.39 Å². The number of benzene rings is 1. The molecule has 0 saturated carbocycles. The number of halogens is 1. The molecule has 2 aliphatic rings. The summed E-state index contributed by atoms with van der Waals surface area (Å²) in [4.78, 5) is 11.9. The van der Waals surface area contributed by atoms with Crippen LogP contribution >= 0.6 is 0 Å². The number of hydrogen-bond acceptors (Lipinski definition) is 5. The second-order valence-corrected chi connectivity index (χ2v) is 5.48. The largest absolute Gasteiger partial charge is 0.466 e. The highest BCUT2D eigenvalue weighted by Gasteiger charge is 2.54. The number of nitrogens with two attached hydrogens (primary N) is 1. The molecule has 1 aliphatic carbocycles. The molecule has 0 fully saturated rings. The first-order valence-corrected chi connectivity index (χ1v) is 7.16. The molecule has 0 bridgehead atoms. The minimum Gasteiger partial charge on any atom is -0.466 e. The van der Waals surface area contributed by atoms with Gasteiger partial charge in [-0.15, -0.1) is 0 Å². The summed E-state index contributed by atoms with van der Waals surface area (Å²) < 4.78 is 25.0. The van der Waals surface area contributed by atoms with E-state index in [9.17, 15) is 10.1 Å². The highest BCUT2D eigenvalue weighted by atomic mass is 19.1. The van der Waals surface area contributed by atoms with Crippen molar-refractivity contribution in [1.29, 1.82) is 5.26 Å². The van der Waals surface area contributed by atoms with Crippen LogP contribution in [0.1, 0.15) is 24.3 Å². The van der Waals surface area contributed by atoms with E-state index in [2.05, 4.69) is 4.74 Å². The van der Waals surface area contributed by atoms with Gasteiger partial charge >= 0.3 is 5.97 Å². The molecule has 2 atom stereocenters. The highest BCUT2D eigenvalue weighted by Crippen LogP contribution is 2.51. The van der Waals surface area contributed by atoms with Crippen molar-refractivity contribution in [2.45, 2.75) is 24.4 Å². The van der Waals surface area contributed by atoms with Gasteiger partial charge in [0.05, 0.1) is 7.11 Å². The van der Waals surface area contributed by atoms with Gasteiger partial charge in [-0.3, -0.25) is 0 Å². The van der Waals surface area contributed by atoms with Crippen LogP contribution in [0.25, 0.3) is 0 Å². The molecular formula is C17H15FN2O3. The van der Waals surface area contributed by atoms with E-state index in [1.54, 1.807) is 0 Å². The van der Waals surface area contributed by atoms with Gasteiger partial charge in [-0.25, -0.2) is 9.18 Å². The molecule has 0 radical (unpaired) electrons. The van der Waals surface area contributed by atoms with Crippen LogP contribution in [0.15, 0.2) is 53.1 Å². The standard InChI is InChI=1S/C17H15FN2O3/c1-22-16(21)17(18)8-7-11-13(10-5-3-2-4-6-10)12(9-19)15(20)23-14(11)17/h2-6,13H,7-8,20H2,1H3/t13-,17+/m0/s1. The van der Waals surface area contributed by atoms with Gasteiger partial charge in [0.2, 0.25) is 5.88 Å². The zero-order chi connectivity index (χ0) is 16.6. The van der Waals surface area contributed by atoms with Gasteiger partial charge in [0.1, 0.15) is 11.6 Å². The molecule has 0 amide bonds. The average molecular weight is 314 g/mol. The predicted molar refractivity (Wildman–Crippen MR) is 79.2 cm³/mol. The lowest BCUT2D eigenvalue weighted by molar-refractivity contribution is -0.153. The van der Waals surface area contributed by atoms with E-state index in [-0.39, 0.29) is 23.6 Å². The second kappa shape index (κ2) is 5.43. The lowest BCUT2D eigenvalue weighted by Gasteiger charge is -2.28. The third-order valence-electron chi connectivity index (χ3n) is 4.27. The number of esters is 1. The van der Waals surface area contributed by atoms with E-state index in [1.807, 2.05) is 36.4 Å². The van der Waals surface area contributed by atoms with Crippen LogP contribution in [0.2, 0.25) is 0 Å². The number of carbonyl (C=O) groups is 1. The summed E-state index contributed by atoms with van der Waals surface area (Å²) in [6.45, 7) is 0. The first-order chi connectivity index (χ1) is 11.0. The fraction of sp³-hybridized carbons (Fsp3) is 0.294. The Balaban J connectivity index is 2.16. The van der Waals surface area contributed by atoms with Crippen LogP contribution < -0.4 is 5.73 Å². The molecule has 0 spiro atoms. The second-order valence-electron chi connectivity index (χ2n) is 5.48. The molecular weight excluding hydrogens is 299 g/mol. The predicted octanol–water partition coefficient (Wildman–Crippen LogP) is 2.42. The van der Waals surface area contributed by atoms with E-state index >= 15 is 4.39 Å². The van der Waals surface area contributed by atoms with Crippen molar-refractivity contribution in [2.75, 3.05) is 7.11 Å². The zero-order valence-electron chi connectivity index (χ0n) is 12.5. The Bertz CT molecular complexity index is 764. The van der Waals surface area contributed by atoms with Crippen molar-refractivity contribution in [2.24, 2.45) is 5.73 Å². The van der Waals surface area contributed by atoms with Crippen LogP contribution in [-0.2, 0) is 14.3 Å². The Labute approximate surface area is 132 Å². The lowest BCUT2D eigenvalue weighted by Crippen LogP contribution is -2.37. The number of rotatable bonds is 2. The van der Waals surface area contributed by atoms with Gasteiger partial charge in [-0.05, 0) is 17.6 Å². The molecule has 0 saturated heterocycles. The van der Waals surface area contributed by atoms with Crippen LogP contribution in [0.5, 0.6) is 0 Å². The summed E-state index contributed by atoms with van der Waals surface area (Å²) in [5.41, 5.74) is 5.05. The molecule has 1 heterocycles. The Morgan fingerprint density at radius 2 is 2.17 bits per heavy atom. The number of nitriles is 1. The van der Waals surface area contributed by atoms with Crippen molar-refractivity contribution in [3.63, 3.8) is 0 Å². The number of carbonyl (C=O) groups excluding carboxylic acids is 1. The number of allylic oxidation sites excluding steroid dienone is 2. The molecule has 1 aromatic carbocycles. The molecule has 3 rings (SSSR count). The van der Waals surface area contributed by atoms with Crippen molar-refractivity contribution in [3.05, 3.63) is 58.7 Å². The third-order valence-corrected chi connectivity index (χ3v) is 4.27. The number of methoxy groups -OCH3 is 1. The summed E-state index contributed by atoms with van der Waals surface area (Å²) in [7, 11) is 1.12. The van der Waals surface area contributed by atoms with Crippen molar-refractivity contribution in [1.82, 2.24) is 0 Å². The molecule has 0 aromatic heterocycles. The van der Waals surface area contributed by atoms with Crippen LogP contribution in [0, 0.1) is 11.3 Å². The summed E-state index contributed by atoms with van der Waals surface area (Å²) in [5, 5.41) is 9.42. The number of nitrogens with zero attached hydrogens (tertiary/aromatic N) is 1. The van der Waals surface area contributed by atoms with Gasteiger partial charge < -0.3 is 15.2 Å². The molecule has 0 unspecified atom stereocenters. The number of alkyl halides is 1. The van der Waals surface area contributed by atoms with E-state index < -0.39 is 17.6 Å². The quantitative estimate of drug-likeness (QED) is 0.847.